The highest BCUT2D eigenvalue weighted by atomic mass is 32.3. The fourth-order valence-electron chi connectivity index (χ4n) is 0.560. The first-order valence-corrected chi connectivity index (χ1v) is 8.06. The van der Waals surface area contributed by atoms with Gasteiger partial charge < -0.3 is 0 Å². The summed E-state index contributed by atoms with van der Waals surface area (Å²) in [5.41, 5.74) is 0. The Balaban J connectivity index is 0. The van der Waals surface area contributed by atoms with Gasteiger partial charge in [-0.15, -0.1) is 0 Å². The molecule has 0 aliphatic carbocycles. The zero-order valence-electron chi connectivity index (χ0n) is 11.5. The highest BCUT2D eigenvalue weighted by Gasteiger charge is 2.20. The number of rotatable bonds is 7. The Bertz CT molecular complexity index is 606. The van der Waals surface area contributed by atoms with Crippen molar-refractivity contribution in [2.75, 3.05) is 13.1 Å². The molecule has 0 aliphatic heterocycles. The SMILES string of the molecule is CC(C#N)CN=NCC(C)C#N.O=S(=O)(O)OS(=O)(=O)OO. The van der Waals surface area contributed by atoms with Crippen molar-refractivity contribution < 1.29 is 34.6 Å². The van der Waals surface area contributed by atoms with Crippen LogP contribution in [0.15, 0.2) is 10.2 Å². The summed E-state index contributed by atoms with van der Waals surface area (Å²) in [5.74, 6) is -0.183. The van der Waals surface area contributed by atoms with Gasteiger partial charge in [0.15, 0.2) is 0 Å². The molecule has 0 bridgehead atoms. The van der Waals surface area contributed by atoms with E-state index in [9.17, 15) is 16.8 Å². The Morgan fingerprint density at radius 1 is 1.05 bits per heavy atom. The summed E-state index contributed by atoms with van der Waals surface area (Å²) < 4.78 is 51.7. The molecule has 0 saturated heterocycles. The Labute approximate surface area is 127 Å². The van der Waals surface area contributed by atoms with Crippen molar-refractivity contribution in [1.82, 2.24) is 0 Å². The molecule has 0 aromatic carbocycles. The number of nitriles is 2. The summed E-state index contributed by atoms with van der Waals surface area (Å²) in [5, 5.41) is 31.7. The van der Waals surface area contributed by atoms with Crippen LogP contribution in [-0.2, 0) is 28.8 Å². The van der Waals surface area contributed by atoms with Crippen molar-refractivity contribution in [1.29, 1.82) is 10.5 Å². The fourth-order valence-corrected chi connectivity index (χ4v) is 1.50. The number of azo groups is 1. The van der Waals surface area contributed by atoms with E-state index in [0.29, 0.717) is 13.1 Å². The standard InChI is InChI=1S/C8H12N4.H2O8S2/c1-7(3-9)5-11-12-6-8(2)4-10;1-7-10(5,6)8-9(2,3)4/h7-8H,5-6H2,1-2H3;1H,(H,2,3,4). The molecule has 0 rings (SSSR count). The molecule has 2 N–H and O–H groups in total. The zero-order chi connectivity index (χ0) is 17.8. The number of nitrogens with zero attached hydrogens (tertiary/aromatic N) is 4. The first-order valence-electron chi connectivity index (χ1n) is 5.36. The molecule has 14 heteroatoms. The smallest absolute Gasteiger partial charge is 0.263 e. The summed E-state index contributed by atoms with van der Waals surface area (Å²) in [7, 11) is -10.2. The van der Waals surface area contributed by atoms with Crippen LogP contribution in [0.2, 0.25) is 0 Å². The van der Waals surface area contributed by atoms with Crippen LogP contribution < -0.4 is 0 Å². The quantitative estimate of drug-likeness (QED) is 0.276. The maximum atomic E-state index is 9.78. The average molecular weight is 358 g/mol. The second-order valence-electron chi connectivity index (χ2n) is 3.69. The number of hydrogen-bond donors (Lipinski definition) is 2. The molecule has 0 spiro atoms. The third-order valence-corrected chi connectivity index (χ3v) is 3.05. The lowest BCUT2D eigenvalue weighted by atomic mass is 10.2. The van der Waals surface area contributed by atoms with Crippen LogP contribution >= 0.6 is 0 Å². The molecule has 0 aromatic rings. The second-order valence-corrected chi connectivity index (χ2v) is 6.05. The summed E-state index contributed by atoms with van der Waals surface area (Å²) in [6.07, 6.45) is 0. The highest BCUT2D eigenvalue weighted by molar-refractivity contribution is 7.94. The predicted octanol–water partition coefficient (Wildman–Crippen LogP) is 0.298. The van der Waals surface area contributed by atoms with E-state index in [1.807, 2.05) is 12.1 Å². The normalized spacial score (nSPS) is 14.3. The van der Waals surface area contributed by atoms with Crippen molar-refractivity contribution >= 4 is 20.8 Å². The molecule has 0 amide bonds. The molecule has 0 heterocycles. The van der Waals surface area contributed by atoms with Gasteiger partial charge in [0.05, 0.1) is 37.1 Å². The summed E-state index contributed by atoms with van der Waals surface area (Å²) >= 11 is 0. The van der Waals surface area contributed by atoms with E-state index in [1.54, 1.807) is 13.8 Å². The van der Waals surface area contributed by atoms with Crippen LogP contribution in [0.1, 0.15) is 13.8 Å². The predicted molar refractivity (Wildman–Crippen MR) is 69.4 cm³/mol. The third kappa shape index (κ3) is 16.4. The molecule has 12 nitrogen and oxygen atoms in total. The summed E-state index contributed by atoms with van der Waals surface area (Å²) in [6.45, 7) is 4.42. The Kier molecular flexibility index (Phi) is 11.3. The maximum absolute atomic E-state index is 9.78. The Morgan fingerprint density at radius 3 is 1.59 bits per heavy atom. The van der Waals surface area contributed by atoms with Crippen LogP contribution in [0.5, 0.6) is 0 Å². The monoisotopic (exact) mass is 358 g/mol. The van der Waals surface area contributed by atoms with Crippen LogP contribution in [0.25, 0.3) is 0 Å². The van der Waals surface area contributed by atoms with Gasteiger partial charge in [-0.1, -0.05) is 7.96 Å². The molecular formula is C8H14N4O8S2. The highest BCUT2D eigenvalue weighted by Crippen LogP contribution is 1.97. The van der Waals surface area contributed by atoms with Gasteiger partial charge in [-0.3, -0.25) is 4.55 Å². The first-order chi connectivity index (χ1) is 9.97. The molecule has 22 heavy (non-hydrogen) atoms. The van der Waals surface area contributed by atoms with Crippen molar-refractivity contribution in [2.24, 2.45) is 22.1 Å². The van der Waals surface area contributed by atoms with Crippen LogP contribution in [0.3, 0.4) is 0 Å². The van der Waals surface area contributed by atoms with Gasteiger partial charge >= 0.3 is 20.8 Å². The molecule has 0 saturated carbocycles. The second kappa shape index (κ2) is 11.0. The van der Waals surface area contributed by atoms with Gasteiger partial charge in [-0.05, 0) is 13.8 Å². The molecule has 2 unspecified atom stereocenters. The molecule has 2 atom stereocenters. The van der Waals surface area contributed by atoms with Gasteiger partial charge in [-0.2, -0.15) is 37.6 Å². The summed E-state index contributed by atoms with van der Waals surface area (Å²) in [4.78, 5) is 0. The minimum absolute atomic E-state index is 0.0915. The van der Waals surface area contributed by atoms with Crippen molar-refractivity contribution in [3.8, 4) is 12.1 Å². The van der Waals surface area contributed by atoms with Gasteiger partial charge in [0.1, 0.15) is 0 Å². The Morgan fingerprint density at radius 2 is 1.41 bits per heavy atom. The van der Waals surface area contributed by atoms with E-state index >= 15 is 0 Å². The van der Waals surface area contributed by atoms with Crippen LogP contribution in [0, 0.1) is 34.5 Å². The van der Waals surface area contributed by atoms with Gasteiger partial charge in [0, 0.05) is 0 Å². The van der Waals surface area contributed by atoms with E-state index < -0.39 is 20.8 Å². The van der Waals surface area contributed by atoms with Crippen molar-refractivity contribution in [2.45, 2.75) is 13.8 Å². The van der Waals surface area contributed by atoms with Gasteiger partial charge in [-0.25, -0.2) is 5.26 Å². The average Bonchev–Trinajstić information content (AvgIpc) is 2.41. The van der Waals surface area contributed by atoms with Gasteiger partial charge in [0.25, 0.3) is 0 Å². The first kappa shape index (κ1) is 22.6. The molecule has 0 aliphatic rings. The largest absolute Gasteiger partial charge is 0.442 e. The zero-order valence-corrected chi connectivity index (χ0v) is 13.2. The van der Waals surface area contributed by atoms with E-state index in [1.165, 1.54) is 0 Å². The van der Waals surface area contributed by atoms with Crippen LogP contribution in [-0.4, -0.2) is 39.7 Å². The van der Waals surface area contributed by atoms with Crippen molar-refractivity contribution in [3.05, 3.63) is 0 Å². The van der Waals surface area contributed by atoms with Gasteiger partial charge in [0.2, 0.25) is 0 Å². The molecule has 0 radical (unpaired) electrons. The summed E-state index contributed by atoms with van der Waals surface area (Å²) in [6, 6.07) is 4.10. The topological polar surface area (TPSA) is 199 Å². The lowest BCUT2D eigenvalue weighted by Crippen LogP contribution is -2.13. The third-order valence-electron chi connectivity index (χ3n) is 1.51. The Hall–Kier alpha value is -1.68. The van der Waals surface area contributed by atoms with E-state index in [-0.39, 0.29) is 11.8 Å². The lowest BCUT2D eigenvalue weighted by Gasteiger charge is -1.95. The minimum Gasteiger partial charge on any atom is -0.263 e. The van der Waals surface area contributed by atoms with Crippen molar-refractivity contribution in [3.63, 3.8) is 0 Å². The molecule has 126 valence electrons. The molecule has 0 fully saturated rings. The minimum atomic E-state index is -5.17. The molecular weight excluding hydrogens is 344 g/mol. The van der Waals surface area contributed by atoms with E-state index in [0.717, 1.165) is 0 Å². The van der Waals surface area contributed by atoms with E-state index in [2.05, 4.69) is 18.2 Å². The lowest BCUT2D eigenvalue weighted by molar-refractivity contribution is -0.138. The number of hydrogen-bond acceptors (Lipinski definition) is 11. The maximum Gasteiger partial charge on any atom is 0.442 e. The molecule has 0 aromatic heterocycles. The van der Waals surface area contributed by atoms with E-state index in [4.69, 9.17) is 20.3 Å². The van der Waals surface area contributed by atoms with Crippen LogP contribution in [0.4, 0.5) is 0 Å². The fraction of sp³-hybridized carbons (Fsp3) is 0.750.